The molecule has 2 aromatic heterocycles. The molecule has 0 radical (unpaired) electrons. The molecular weight excluding hydrogens is 476 g/mol. The van der Waals surface area contributed by atoms with Gasteiger partial charge in [0, 0.05) is 12.2 Å². The van der Waals surface area contributed by atoms with Crippen LogP contribution in [-0.2, 0) is 18.9 Å². The number of ether oxygens (including phenoxy) is 4. The van der Waals surface area contributed by atoms with Gasteiger partial charge in [0.1, 0.15) is 29.6 Å². The minimum absolute atomic E-state index is 0.0104. The minimum atomic E-state index is -0.804. The van der Waals surface area contributed by atoms with E-state index in [2.05, 4.69) is 9.97 Å². The highest BCUT2D eigenvalue weighted by Gasteiger charge is 2.56. The number of hydrogen-bond acceptors (Lipinski definition) is 8. The number of aromatic nitrogens is 3. The van der Waals surface area contributed by atoms with Crippen molar-refractivity contribution < 1.29 is 28.8 Å². The second kappa shape index (κ2) is 8.85. The molecule has 3 fully saturated rings. The third kappa shape index (κ3) is 4.62. The second-order valence-electron chi connectivity index (χ2n) is 10.9. The van der Waals surface area contributed by atoms with E-state index in [9.17, 15) is 9.90 Å². The summed E-state index contributed by atoms with van der Waals surface area (Å²) in [5, 5.41) is 10.5. The van der Waals surface area contributed by atoms with Crippen LogP contribution in [0.1, 0.15) is 66.5 Å². The van der Waals surface area contributed by atoms with Crippen molar-refractivity contribution in [1.29, 1.82) is 0 Å². The Balaban J connectivity index is 1.57. The van der Waals surface area contributed by atoms with Crippen LogP contribution in [0.3, 0.4) is 0 Å². The lowest BCUT2D eigenvalue weighted by molar-refractivity contribution is -0.199. The van der Waals surface area contributed by atoms with Crippen molar-refractivity contribution >= 4 is 34.5 Å². The number of nitrogens with zero attached hydrogens (tertiary/aromatic N) is 4. The predicted molar refractivity (Wildman–Crippen MR) is 128 cm³/mol. The Kier molecular flexibility index (Phi) is 6.24. The van der Waals surface area contributed by atoms with Crippen LogP contribution in [0.15, 0.2) is 12.3 Å². The quantitative estimate of drug-likeness (QED) is 0.613. The number of carbonyl (C=O) groups is 1. The number of rotatable bonds is 4. The standard InChI is InChI=1S/C24H33ClN4O6/c1-23(2,3)35-22(31)29(13-8-6-7-9-13)19-14-10-11-28(18(14)26-21(25)27-19)20-17-16(15(12-30)32-20)33-24(4,5)34-17/h10-11,13,15-17,20,30H,6-9,12H2,1-5H3/t15-,16-,17-,20-/m1/s1. The molecular formula is C24H33ClN4O6. The van der Waals surface area contributed by atoms with Gasteiger partial charge in [0.2, 0.25) is 5.28 Å². The molecule has 1 aliphatic carbocycles. The maximum atomic E-state index is 13.4. The SMILES string of the molecule is CC(C)(C)OC(=O)N(c1nc(Cl)nc2c1ccn2[C@@H]1O[C@H](CO)[C@H]2OC(C)(C)O[C@H]21)C1CCCC1. The Morgan fingerprint density at radius 3 is 2.60 bits per heavy atom. The number of anilines is 1. The molecule has 11 heteroatoms. The van der Waals surface area contributed by atoms with Crippen LogP contribution in [0.4, 0.5) is 10.6 Å². The van der Waals surface area contributed by atoms with Crippen molar-refractivity contribution in [3.8, 4) is 0 Å². The highest BCUT2D eigenvalue weighted by atomic mass is 35.5. The number of amides is 1. The van der Waals surface area contributed by atoms with Gasteiger partial charge in [0.15, 0.2) is 17.8 Å². The Morgan fingerprint density at radius 2 is 1.94 bits per heavy atom. The summed E-state index contributed by atoms with van der Waals surface area (Å²) in [7, 11) is 0. The Bertz CT molecular complexity index is 1110. The van der Waals surface area contributed by atoms with E-state index >= 15 is 0 Å². The lowest BCUT2D eigenvalue weighted by atomic mass is 10.1. The van der Waals surface area contributed by atoms with Crippen LogP contribution in [-0.4, -0.2) is 68.1 Å². The zero-order chi connectivity index (χ0) is 25.1. The summed E-state index contributed by atoms with van der Waals surface area (Å²) in [6, 6.07) is 1.81. The van der Waals surface area contributed by atoms with E-state index in [4.69, 9.17) is 30.5 Å². The van der Waals surface area contributed by atoms with Crippen molar-refractivity contribution in [2.75, 3.05) is 11.5 Å². The average molecular weight is 509 g/mol. The molecule has 1 amide bonds. The average Bonchev–Trinajstić information content (AvgIpc) is 3.50. The third-order valence-corrected chi connectivity index (χ3v) is 6.78. The zero-order valence-electron chi connectivity index (χ0n) is 20.7. The first kappa shape index (κ1) is 24.7. The predicted octanol–water partition coefficient (Wildman–Crippen LogP) is 4.18. The smallest absolute Gasteiger partial charge is 0.416 e. The van der Waals surface area contributed by atoms with E-state index < -0.39 is 42.0 Å². The number of hydrogen-bond donors (Lipinski definition) is 1. The number of halogens is 1. The van der Waals surface area contributed by atoms with Gasteiger partial charge in [-0.3, -0.25) is 4.90 Å². The maximum Gasteiger partial charge on any atom is 0.416 e. The van der Waals surface area contributed by atoms with Crippen LogP contribution in [0, 0.1) is 0 Å². The summed E-state index contributed by atoms with van der Waals surface area (Å²) < 4.78 is 25.8. The second-order valence-corrected chi connectivity index (χ2v) is 11.2. The van der Waals surface area contributed by atoms with E-state index in [0.29, 0.717) is 16.9 Å². The number of carbonyl (C=O) groups excluding carboxylic acids is 1. The summed E-state index contributed by atoms with van der Waals surface area (Å²) >= 11 is 6.41. The number of aliphatic hydroxyl groups is 1. The van der Waals surface area contributed by atoms with Gasteiger partial charge in [-0.2, -0.15) is 9.97 Å². The van der Waals surface area contributed by atoms with Gasteiger partial charge in [0.05, 0.1) is 12.0 Å². The summed E-state index contributed by atoms with van der Waals surface area (Å²) in [6.07, 6.45) is 3.11. The summed E-state index contributed by atoms with van der Waals surface area (Å²) in [4.78, 5) is 24.0. The van der Waals surface area contributed by atoms with Crippen molar-refractivity contribution in [3.63, 3.8) is 0 Å². The molecule has 0 unspecified atom stereocenters. The third-order valence-electron chi connectivity index (χ3n) is 6.61. The van der Waals surface area contributed by atoms with Crippen molar-refractivity contribution in [2.45, 2.75) is 102 Å². The van der Waals surface area contributed by atoms with Crippen LogP contribution in [0.5, 0.6) is 0 Å². The molecule has 4 atom stereocenters. The van der Waals surface area contributed by atoms with E-state index in [1.54, 1.807) is 4.90 Å². The molecule has 0 spiro atoms. The van der Waals surface area contributed by atoms with Gasteiger partial charge < -0.3 is 28.6 Å². The summed E-state index contributed by atoms with van der Waals surface area (Å²) in [6.45, 7) is 8.99. The van der Waals surface area contributed by atoms with Gasteiger partial charge in [0.25, 0.3) is 0 Å². The Hall–Kier alpha value is -1.98. The number of aliphatic hydroxyl groups excluding tert-OH is 1. The van der Waals surface area contributed by atoms with E-state index in [0.717, 1.165) is 25.7 Å². The highest BCUT2D eigenvalue weighted by molar-refractivity contribution is 6.29. The number of fused-ring (bicyclic) bond motifs is 2. The van der Waals surface area contributed by atoms with Gasteiger partial charge >= 0.3 is 6.09 Å². The highest BCUT2D eigenvalue weighted by Crippen LogP contribution is 2.44. The van der Waals surface area contributed by atoms with Crippen LogP contribution >= 0.6 is 11.6 Å². The molecule has 1 saturated carbocycles. The molecule has 0 bridgehead atoms. The molecule has 1 N–H and O–H groups in total. The Morgan fingerprint density at radius 1 is 1.26 bits per heavy atom. The lowest BCUT2D eigenvalue weighted by Crippen LogP contribution is -2.43. The molecule has 10 nitrogen and oxygen atoms in total. The van der Waals surface area contributed by atoms with E-state index in [1.807, 2.05) is 51.4 Å². The van der Waals surface area contributed by atoms with Crippen LogP contribution in [0.25, 0.3) is 11.0 Å². The molecule has 5 rings (SSSR count). The largest absolute Gasteiger partial charge is 0.443 e. The fourth-order valence-corrected chi connectivity index (χ4v) is 5.45. The zero-order valence-corrected chi connectivity index (χ0v) is 21.5. The first-order valence-electron chi connectivity index (χ1n) is 12.2. The molecule has 192 valence electrons. The van der Waals surface area contributed by atoms with Gasteiger partial charge in [-0.25, -0.2) is 4.79 Å². The first-order chi connectivity index (χ1) is 16.5. The van der Waals surface area contributed by atoms with Crippen LogP contribution in [0.2, 0.25) is 5.28 Å². The van der Waals surface area contributed by atoms with E-state index in [1.165, 1.54) is 0 Å². The van der Waals surface area contributed by atoms with Gasteiger partial charge in [-0.1, -0.05) is 12.8 Å². The fraction of sp³-hybridized carbons (Fsp3) is 0.708. The fourth-order valence-electron chi connectivity index (χ4n) is 5.29. The molecule has 0 aromatic carbocycles. The molecule has 2 aromatic rings. The Labute approximate surface area is 209 Å². The maximum absolute atomic E-state index is 13.4. The summed E-state index contributed by atoms with van der Waals surface area (Å²) in [5.41, 5.74) is -0.156. The topological polar surface area (TPSA) is 108 Å². The molecule has 4 heterocycles. The normalized spacial score (nSPS) is 28.5. The molecule has 2 saturated heterocycles. The van der Waals surface area contributed by atoms with Crippen molar-refractivity contribution in [3.05, 3.63) is 17.5 Å². The molecule has 2 aliphatic heterocycles. The summed E-state index contributed by atoms with van der Waals surface area (Å²) in [5.74, 6) is -0.390. The van der Waals surface area contributed by atoms with Crippen LogP contribution < -0.4 is 4.90 Å². The van der Waals surface area contributed by atoms with Gasteiger partial charge in [-0.05, 0) is 65.1 Å². The van der Waals surface area contributed by atoms with Crippen molar-refractivity contribution in [2.24, 2.45) is 0 Å². The van der Waals surface area contributed by atoms with Crippen molar-refractivity contribution in [1.82, 2.24) is 14.5 Å². The van der Waals surface area contributed by atoms with E-state index in [-0.39, 0.29) is 17.9 Å². The first-order valence-corrected chi connectivity index (χ1v) is 12.5. The van der Waals surface area contributed by atoms with Gasteiger partial charge in [-0.15, -0.1) is 0 Å². The monoisotopic (exact) mass is 508 g/mol. The molecule has 35 heavy (non-hydrogen) atoms. The lowest BCUT2D eigenvalue weighted by Gasteiger charge is -2.31. The minimum Gasteiger partial charge on any atom is -0.443 e. The molecule has 3 aliphatic rings.